The van der Waals surface area contributed by atoms with Crippen molar-refractivity contribution < 1.29 is 9.21 Å². The molecule has 1 unspecified atom stereocenters. The molecule has 1 atom stereocenters. The highest BCUT2D eigenvalue weighted by Gasteiger charge is 2.26. The molecule has 0 saturated heterocycles. The summed E-state index contributed by atoms with van der Waals surface area (Å²) < 4.78 is 5.46. The number of rotatable bonds is 7. The molecule has 0 bridgehead atoms. The van der Waals surface area contributed by atoms with Crippen molar-refractivity contribution in [2.24, 2.45) is 0 Å². The van der Waals surface area contributed by atoms with Crippen molar-refractivity contribution in [1.82, 2.24) is 15.3 Å². The molecular formula is C22H29N3O3S. The lowest BCUT2D eigenvalue weighted by Crippen LogP contribution is -2.40. The largest absolute Gasteiger partial charge is 0.427 e. The van der Waals surface area contributed by atoms with Gasteiger partial charge in [-0.05, 0) is 56.7 Å². The van der Waals surface area contributed by atoms with Crippen LogP contribution in [0.5, 0.6) is 0 Å². The molecule has 156 valence electrons. The van der Waals surface area contributed by atoms with Crippen LogP contribution in [0.2, 0.25) is 0 Å². The molecule has 3 rings (SSSR count). The summed E-state index contributed by atoms with van der Waals surface area (Å²) in [4.78, 5) is 33.7. The van der Waals surface area contributed by atoms with Gasteiger partial charge in [0.2, 0.25) is 0 Å². The van der Waals surface area contributed by atoms with Crippen molar-refractivity contribution in [2.45, 2.75) is 81.7 Å². The van der Waals surface area contributed by atoms with Crippen LogP contribution in [0.3, 0.4) is 0 Å². The Hall–Kier alpha value is -2.15. The van der Waals surface area contributed by atoms with Gasteiger partial charge in [0.25, 0.3) is 5.91 Å². The van der Waals surface area contributed by atoms with E-state index in [1.165, 1.54) is 0 Å². The summed E-state index contributed by atoms with van der Waals surface area (Å²) in [5.41, 5.74) is 0.278. The van der Waals surface area contributed by atoms with Gasteiger partial charge in [-0.3, -0.25) is 4.79 Å². The smallest absolute Gasteiger partial charge is 0.349 e. The van der Waals surface area contributed by atoms with E-state index in [9.17, 15) is 9.59 Å². The number of carbonyl (C=O) groups excluding carboxylic acids is 1. The highest BCUT2D eigenvalue weighted by atomic mass is 32.2. The Morgan fingerprint density at radius 3 is 2.59 bits per heavy atom. The Morgan fingerprint density at radius 1 is 1.28 bits per heavy atom. The lowest BCUT2D eigenvalue weighted by molar-refractivity contribution is 0.0923. The molecule has 29 heavy (non-hydrogen) atoms. The summed E-state index contributed by atoms with van der Waals surface area (Å²) in [6.45, 7) is 5.95. The third-order valence-corrected chi connectivity index (χ3v) is 6.65. The molecule has 2 heterocycles. The van der Waals surface area contributed by atoms with Gasteiger partial charge in [-0.1, -0.05) is 32.0 Å². The number of nitrogens with one attached hydrogen (secondary N) is 1. The molecule has 0 radical (unpaired) electrons. The Morgan fingerprint density at radius 2 is 1.97 bits per heavy atom. The zero-order chi connectivity index (χ0) is 20.8. The van der Waals surface area contributed by atoms with Crippen LogP contribution in [0.4, 0.5) is 0 Å². The second-order valence-electron chi connectivity index (χ2n) is 7.78. The average molecular weight is 416 g/mol. The summed E-state index contributed by atoms with van der Waals surface area (Å²) in [5, 5.41) is 4.29. The second-order valence-corrected chi connectivity index (χ2v) is 9.05. The number of aryl methyl sites for hydroxylation is 1. The number of aromatic nitrogens is 2. The van der Waals surface area contributed by atoms with E-state index < -0.39 is 5.63 Å². The van der Waals surface area contributed by atoms with Gasteiger partial charge in [-0.25, -0.2) is 14.8 Å². The maximum Gasteiger partial charge on any atom is 0.349 e. The van der Waals surface area contributed by atoms with E-state index in [1.54, 1.807) is 31.1 Å². The number of carbonyl (C=O) groups is 1. The first-order chi connectivity index (χ1) is 14.0. The first-order valence-corrected chi connectivity index (χ1v) is 11.2. The van der Waals surface area contributed by atoms with Crippen LogP contribution in [-0.2, 0) is 0 Å². The van der Waals surface area contributed by atoms with Crippen molar-refractivity contribution in [3.63, 3.8) is 0 Å². The van der Waals surface area contributed by atoms with Crippen molar-refractivity contribution in [1.29, 1.82) is 0 Å². The van der Waals surface area contributed by atoms with Crippen molar-refractivity contribution in [2.75, 3.05) is 0 Å². The zero-order valence-electron chi connectivity index (χ0n) is 17.3. The number of hydrogen-bond donors (Lipinski definition) is 1. The highest BCUT2D eigenvalue weighted by Crippen LogP contribution is 2.32. The molecule has 0 spiro atoms. The van der Waals surface area contributed by atoms with Crippen molar-refractivity contribution in [3.8, 4) is 0 Å². The predicted molar refractivity (Wildman–Crippen MR) is 114 cm³/mol. The Kier molecular flexibility index (Phi) is 7.47. The summed E-state index contributed by atoms with van der Waals surface area (Å²) >= 11 is 1.69. The molecule has 1 saturated carbocycles. The Labute approximate surface area is 175 Å². The Bertz CT molecular complexity index is 877. The molecule has 2 aromatic rings. The van der Waals surface area contributed by atoms with E-state index >= 15 is 0 Å². The van der Waals surface area contributed by atoms with Crippen LogP contribution < -0.4 is 10.9 Å². The highest BCUT2D eigenvalue weighted by molar-refractivity contribution is 7.99. The first kappa shape index (κ1) is 21.6. The third kappa shape index (κ3) is 5.69. The lowest BCUT2D eigenvalue weighted by Gasteiger charge is -2.28. The number of amides is 1. The van der Waals surface area contributed by atoms with Gasteiger partial charge in [0.05, 0.1) is 0 Å². The van der Waals surface area contributed by atoms with Crippen LogP contribution in [0.15, 0.2) is 38.9 Å². The van der Waals surface area contributed by atoms with Crippen LogP contribution in [0.1, 0.15) is 80.0 Å². The van der Waals surface area contributed by atoms with Gasteiger partial charge in [-0.15, -0.1) is 0 Å². The second kappa shape index (κ2) is 10.1. The van der Waals surface area contributed by atoms with Gasteiger partial charge in [0.15, 0.2) is 5.16 Å². The maximum atomic E-state index is 12.7. The minimum absolute atomic E-state index is 0.0773. The summed E-state index contributed by atoms with van der Waals surface area (Å²) in [7, 11) is 0. The summed E-state index contributed by atoms with van der Waals surface area (Å²) in [6.07, 6.45) is 9.20. The number of hydrogen-bond acceptors (Lipinski definition) is 6. The molecule has 1 N–H and O–H groups in total. The molecule has 0 aliphatic heterocycles. The van der Waals surface area contributed by atoms with Gasteiger partial charge in [-0.2, -0.15) is 0 Å². The fourth-order valence-corrected chi connectivity index (χ4v) is 4.85. The quantitative estimate of drug-likeness (QED) is 0.671. The van der Waals surface area contributed by atoms with Gasteiger partial charge in [0, 0.05) is 29.6 Å². The molecule has 7 heteroatoms. The monoisotopic (exact) mass is 415 g/mol. The molecule has 0 aromatic carbocycles. The van der Waals surface area contributed by atoms with E-state index in [1.807, 2.05) is 19.1 Å². The molecule has 6 nitrogen and oxygen atoms in total. The van der Waals surface area contributed by atoms with Gasteiger partial charge < -0.3 is 9.73 Å². The number of thioether (sulfide) groups is 1. The zero-order valence-corrected chi connectivity index (χ0v) is 18.1. The lowest BCUT2D eigenvalue weighted by atomic mass is 9.94. The summed E-state index contributed by atoms with van der Waals surface area (Å²) in [6, 6.07) is 3.73. The van der Waals surface area contributed by atoms with Crippen molar-refractivity contribution in [3.05, 3.63) is 51.8 Å². The van der Waals surface area contributed by atoms with E-state index in [-0.39, 0.29) is 23.4 Å². The first-order valence-electron chi connectivity index (χ1n) is 10.4. The van der Waals surface area contributed by atoms with E-state index in [0.29, 0.717) is 16.6 Å². The van der Waals surface area contributed by atoms with E-state index in [4.69, 9.17) is 4.42 Å². The summed E-state index contributed by atoms with van der Waals surface area (Å²) in [5.74, 6) is 0.505. The Balaban J connectivity index is 1.58. The minimum atomic E-state index is -0.536. The van der Waals surface area contributed by atoms with Crippen molar-refractivity contribution >= 4 is 17.7 Å². The van der Waals surface area contributed by atoms with Crippen LogP contribution >= 0.6 is 11.8 Å². The number of nitrogens with zero attached hydrogens (tertiary/aromatic N) is 2. The predicted octanol–water partition coefficient (Wildman–Crippen LogP) is 4.48. The van der Waals surface area contributed by atoms with E-state index in [2.05, 4.69) is 22.2 Å². The van der Waals surface area contributed by atoms with Crippen LogP contribution in [0, 0.1) is 6.92 Å². The molecule has 2 aromatic heterocycles. The minimum Gasteiger partial charge on any atom is -0.427 e. The van der Waals surface area contributed by atoms with Crippen LogP contribution in [0.25, 0.3) is 0 Å². The average Bonchev–Trinajstić information content (AvgIpc) is 2.70. The standard InChI is InChI=1S/C22H29N3O3S/c1-4-6-14(2)18-13-15(3)19(21(27)28-18)20(26)25-16-7-9-17(10-8-16)29-22-23-11-5-12-24-22/h5,11-14,16-17H,4,6-10H2,1-3H3,(H,25,26). The molecule has 1 fully saturated rings. The van der Waals surface area contributed by atoms with Gasteiger partial charge >= 0.3 is 5.63 Å². The molecule has 1 aliphatic carbocycles. The fraction of sp³-hybridized carbons (Fsp3) is 0.545. The maximum absolute atomic E-state index is 12.7. The van der Waals surface area contributed by atoms with E-state index in [0.717, 1.165) is 43.7 Å². The SMILES string of the molecule is CCCC(C)c1cc(C)c(C(=O)NC2CCC(Sc3ncccn3)CC2)c(=O)o1. The molecule has 1 aliphatic rings. The fourth-order valence-electron chi connectivity index (χ4n) is 3.80. The normalized spacial score (nSPS) is 20.2. The van der Waals surface area contributed by atoms with Crippen LogP contribution in [-0.4, -0.2) is 27.2 Å². The van der Waals surface area contributed by atoms with Gasteiger partial charge in [0.1, 0.15) is 11.3 Å². The topological polar surface area (TPSA) is 85.1 Å². The molecule has 1 amide bonds. The molecular weight excluding hydrogens is 386 g/mol. The third-order valence-electron chi connectivity index (χ3n) is 5.43.